The second-order valence-corrected chi connectivity index (χ2v) is 8.81. The van der Waals surface area contributed by atoms with E-state index in [1.807, 2.05) is 57.3 Å². The summed E-state index contributed by atoms with van der Waals surface area (Å²) in [5.74, 6) is 1.16. The van der Waals surface area contributed by atoms with Gasteiger partial charge in [-0.05, 0) is 48.6 Å². The van der Waals surface area contributed by atoms with Gasteiger partial charge in [0.05, 0.1) is 16.5 Å². The van der Waals surface area contributed by atoms with Crippen LogP contribution in [0.1, 0.15) is 28.9 Å². The molecular weight excluding hydrogens is 364 g/mol. The first-order valence-electron chi connectivity index (χ1n) is 9.10. The number of thioether (sulfide) groups is 1. The van der Waals surface area contributed by atoms with E-state index in [0.29, 0.717) is 6.54 Å². The normalized spacial score (nSPS) is 20.4. The molecule has 2 aliphatic rings. The molecule has 1 fully saturated rings. The predicted molar refractivity (Wildman–Crippen MR) is 107 cm³/mol. The monoisotopic (exact) mass is 386 g/mol. The lowest BCUT2D eigenvalue weighted by atomic mass is 9.96. The third kappa shape index (κ3) is 3.53. The van der Waals surface area contributed by atoms with Gasteiger partial charge >= 0.3 is 0 Å². The number of hydrogen-bond donors (Lipinski definition) is 0. The molecule has 6 heteroatoms. The minimum atomic E-state index is -0.108. The van der Waals surface area contributed by atoms with E-state index >= 15 is 0 Å². The van der Waals surface area contributed by atoms with Gasteiger partial charge in [0, 0.05) is 24.5 Å². The van der Waals surface area contributed by atoms with Crippen molar-refractivity contribution in [1.29, 1.82) is 0 Å². The zero-order chi connectivity index (χ0) is 17.9. The number of para-hydroxylation sites is 1. The number of thiophene rings is 1. The van der Waals surface area contributed by atoms with E-state index in [2.05, 4.69) is 6.07 Å². The number of carbonyl (C=O) groups is 2. The number of carbonyl (C=O) groups excluding carboxylic acids is 2. The molecule has 3 heterocycles. The molecule has 2 amide bonds. The second kappa shape index (κ2) is 7.84. The molecule has 1 atom stereocenters. The van der Waals surface area contributed by atoms with Crippen LogP contribution in [0.3, 0.4) is 0 Å². The van der Waals surface area contributed by atoms with Crippen LogP contribution in [0.4, 0.5) is 5.69 Å². The topological polar surface area (TPSA) is 40.6 Å². The van der Waals surface area contributed by atoms with Gasteiger partial charge in [-0.3, -0.25) is 9.59 Å². The molecule has 1 aromatic carbocycles. The Balaban J connectivity index is 1.52. The molecule has 1 aromatic heterocycles. The van der Waals surface area contributed by atoms with Gasteiger partial charge < -0.3 is 9.80 Å². The van der Waals surface area contributed by atoms with Gasteiger partial charge in [0.2, 0.25) is 5.91 Å². The van der Waals surface area contributed by atoms with Gasteiger partial charge in [0.25, 0.3) is 5.91 Å². The first-order valence-corrected chi connectivity index (χ1v) is 11.0. The van der Waals surface area contributed by atoms with Gasteiger partial charge in [0.1, 0.15) is 0 Å². The van der Waals surface area contributed by atoms with Crippen molar-refractivity contribution in [3.8, 4) is 0 Å². The van der Waals surface area contributed by atoms with Crippen LogP contribution in [-0.4, -0.2) is 42.1 Å². The fraction of sp³-hybridized carbons (Fsp3) is 0.400. The summed E-state index contributed by atoms with van der Waals surface area (Å²) < 4.78 is 0. The highest BCUT2D eigenvalue weighted by Crippen LogP contribution is 2.35. The number of piperidine rings is 1. The molecule has 0 bridgehead atoms. The summed E-state index contributed by atoms with van der Waals surface area (Å²) in [6.07, 6.45) is 2.74. The summed E-state index contributed by atoms with van der Waals surface area (Å²) in [7, 11) is 0. The number of likely N-dealkylation sites (tertiary alicyclic amines) is 1. The molecule has 0 saturated carbocycles. The summed E-state index contributed by atoms with van der Waals surface area (Å²) in [5.41, 5.74) is 1.03. The van der Waals surface area contributed by atoms with Gasteiger partial charge in [-0.25, -0.2) is 0 Å². The Kier molecular flexibility index (Phi) is 5.31. The number of nitrogens with zero attached hydrogens (tertiary/aromatic N) is 2. The highest BCUT2D eigenvalue weighted by molar-refractivity contribution is 7.99. The van der Waals surface area contributed by atoms with E-state index in [1.54, 1.807) is 0 Å². The lowest BCUT2D eigenvalue weighted by Crippen LogP contribution is -2.47. The average molecular weight is 387 g/mol. The van der Waals surface area contributed by atoms with Crippen molar-refractivity contribution >= 4 is 40.6 Å². The summed E-state index contributed by atoms with van der Waals surface area (Å²) in [6.45, 7) is 2.03. The fourth-order valence-corrected chi connectivity index (χ4v) is 5.38. The van der Waals surface area contributed by atoms with Crippen molar-refractivity contribution in [2.24, 2.45) is 5.92 Å². The summed E-state index contributed by atoms with van der Waals surface area (Å²) in [5, 5.41) is 1.92. The van der Waals surface area contributed by atoms with Gasteiger partial charge in [-0.1, -0.05) is 18.2 Å². The van der Waals surface area contributed by atoms with Crippen molar-refractivity contribution in [1.82, 2.24) is 4.90 Å². The van der Waals surface area contributed by atoms with Crippen LogP contribution < -0.4 is 4.90 Å². The lowest BCUT2D eigenvalue weighted by molar-refractivity contribution is -0.123. The van der Waals surface area contributed by atoms with Crippen molar-refractivity contribution in [2.45, 2.75) is 24.2 Å². The Morgan fingerprint density at radius 3 is 2.77 bits per heavy atom. The fourth-order valence-electron chi connectivity index (χ4n) is 3.70. The minimum absolute atomic E-state index is 0.0596. The maximum Gasteiger partial charge on any atom is 0.263 e. The molecule has 4 nitrogen and oxygen atoms in total. The third-order valence-corrected chi connectivity index (χ3v) is 7.00. The first kappa shape index (κ1) is 17.6. The molecule has 0 N–H and O–H groups in total. The Hall–Kier alpha value is -1.79. The zero-order valence-corrected chi connectivity index (χ0v) is 16.2. The van der Waals surface area contributed by atoms with Crippen LogP contribution in [0.5, 0.6) is 0 Å². The standard InChI is InChI=1S/C20H22N2O2S2/c23-19(22-11-5-13-25-17-8-2-1-7-16(17)22)15-6-3-10-21(14-15)20(24)18-9-4-12-26-18/h1-2,4,7-9,12,15H,3,5-6,10-11,13-14H2. The SMILES string of the molecule is O=C(c1cccs1)N1CCCC(C(=O)N2CCCSc3ccccc32)C1. The van der Waals surface area contributed by atoms with Crippen molar-refractivity contribution < 1.29 is 9.59 Å². The Bertz CT molecular complexity index is 791. The van der Waals surface area contributed by atoms with Gasteiger partial charge in [-0.2, -0.15) is 0 Å². The number of anilines is 1. The maximum absolute atomic E-state index is 13.3. The number of benzene rings is 1. The van der Waals surface area contributed by atoms with Crippen LogP contribution in [-0.2, 0) is 4.79 Å². The minimum Gasteiger partial charge on any atom is -0.337 e. The van der Waals surface area contributed by atoms with Crippen LogP contribution in [0, 0.1) is 5.92 Å². The number of amides is 2. The van der Waals surface area contributed by atoms with Crippen LogP contribution >= 0.6 is 23.1 Å². The number of fused-ring (bicyclic) bond motifs is 1. The third-order valence-electron chi connectivity index (χ3n) is 5.00. The van der Waals surface area contributed by atoms with E-state index in [9.17, 15) is 9.59 Å². The summed E-state index contributed by atoms with van der Waals surface area (Å²) in [4.78, 5) is 31.7. The zero-order valence-electron chi connectivity index (χ0n) is 14.6. The Morgan fingerprint density at radius 1 is 1.04 bits per heavy atom. The molecular formula is C20H22N2O2S2. The second-order valence-electron chi connectivity index (χ2n) is 6.73. The van der Waals surface area contributed by atoms with Crippen molar-refractivity contribution in [3.63, 3.8) is 0 Å². The molecule has 0 aliphatic carbocycles. The van der Waals surface area contributed by atoms with Crippen LogP contribution in [0.25, 0.3) is 0 Å². The Labute approximate surface area is 162 Å². The summed E-state index contributed by atoms with van der Waals surface area (Å²) in [6, 6.07) is 11.9. The summed E-state index contributed by atoms with van der Waals surface area (Å²) >= 11 is 3.29. The van der Waals surface area contributed by atoms with Crippen molar-refractivity contribution in [3.05, 3.63) is 46.7 Å². The van der Waals surface area contributed by atoms with E-state index in [1.165, 1.54) is 16.2 Å². The molecule has 136 valence electrons. The highest BCUT2D eigenvalue weighted by atomic mass is 32.2. The van der Waals surface area contributed by atoms with Crippen LogP contribution in [0.15, 0.2) is 46.7 Å². The first-order chi connectivity index (χ1) is 12.7. The molecule has 2 aliphatic heterocycles. The van der Waals surface area contributed by atoms with Gasteiger partial charge in [-0.15, -0.1) is 23.1 Å². The molecule has 2 aromatic rings. The molecule has 1 unspecified atom stereocenters. The smallest absolute Gasteiger partial charge is 0.263 e. The molecule has 26 heavy (non-hydrogen) atoms. The molecule has 1 saturated heterocycles. The highest BCUT2D eigenvalue weighted by Gasteiger charge is 2.33. The lowest BCUT2D eigenvalue weighted by Gasteiger charge is -2.35. The average Bonchev–Trinajstić information content (AvgIpc) is 3.14. The molecule has 0 radical (unpaired) electrons. The Morgan fingerprint density at radius 2 is 1.92 bits per heavy atom. The maximum atomic E-state index is 13.3. The van der Waals surface area contributed by atoms with Crippen molar-refractivity contribution in [2.75, 3.05) is 30.3 Å². The molecule has 4 rings (SSSR count). The number of rotatable bonds is 2. The predicted octanol–water partition coefficient (Wildman–Crippen LogP) is 4.13. The van der Waals surface area contributed by atoms with E-state index in [4.69, 9.17) is 0 Å². The largest absolute Gasteiger partial charge is 0.337 e. The van der Waals surface area contributed by atoms with Gasteiger partial charge in [0.15, 0.2) is 0 Å². The quantitative estimate of drug-likeness (QED) is 0.779. The van der Waals surface area contributed by atoms with Crippen LogP contribution in [0.2, 0.25) is 0 Å². The van der Waals surface area contributed by atoms with E-state index in [0.717, 1.165) is 48.7 Å². The van der Waals surface area contributed by atoms with E-state index in [-0.39, 0.29) is 17.7 Å². The number of hydrogen-bond acceptors (Lipinski definition) is 4. The molecule has 0 spiro atoms. The van der Waals surface area contributed by atoms with E-state index < -0.39 is 0 Å².